The molecule has 6 N–H and O–H groups in total. The van der Waals surface area contributed by atoms with Gasteiger partial charge in [0.15, 0.2) is 12.1 Å². The molecule has 45 heavy (non-hydrogen) atoms. The summed E-state index contributed by atoms with van der Waals surface area (Å²) >= 11 is 0. The Morgan fingerprint density at radius 1 is 1.09 bits per heavy atom. The summed E-state index contributed by atoms with van der Waals surface area (Å²) in [5.41, 5.74) is -3.14. The van der Waals surface area contributed by atoms with Gasteiger partial charge in [-0.2, -0.15) is 0 Å². The normalized spacial score (nSPS) is 30.5. The highest BCUT2D eigenvalue weighted by Crippen LogP contribution is 2.53. The monoisotopic (exact) mass is 651 g/mol. The standard InChI is InChI=1S/C31H37NO12.ClH/c1-14-26(35)17(32-6-8-42-9-7-32)10-21(43-14)44-19-12-31(40,20(34)13-33)11-16-23(19)30(39)25-24(28(16)37)27(36)15-4-3-5-18(41-2)22(15)29(25)38;/h3-5,14,17,19-21,26,33-35,37,39-40H,6-13H2,1-2H3;1H/t14-,17-,19?,20?,21-,26+,31?;/m0./s1. The zero-order valence-electron chi connectivity index (χ0n) is 24.8. The second-order valence-corrected chi connectivity index (χ2v) is 11.9. The van der Waals surface area contributed by atoms with Crippen molar-refractivity contribution < 1.29 is 59.2 Å². The van der Waals surface area contributed by atoms with Crippen LogP contribution < -0.4 is 4.74 Å². The van der Waals surface area contributed by atoms with Crippen LogP contribution in [-0.4, -0.2) is 123 Å². The molecule has 0 amide bonds. The molecule has 0 aromatic heterocycles. The van der Waals surface area contributed by atoms with Crippen LogP contribution in [-0.2, 0) is 20.6 Å². The Balaban J connectivity index is 0.00000400. The van der Waals surface area contributed by atoms with Gasteiger partial charge in [0.05, 0.1) is 67.5 Å². The first-order valence-electron chi connectivity index (χ1n) is 14.7. The number of aliphatic hydroxyl groups excluding tert-OH is 3. The van der Waals surface area contributed by atoms with Crippen LogP contribution in [0.2, 0.25) is 0 Å². The van der Waals surface area contributed by atoms with Gasteiger partial charge < -0.3 is 49.6 Å². The van der Waals surface area contributed by atoms with Gasteiger partial charge in [0, 0.05) is 55.1 Å². The minimum Gasteiger partial charge on any atom is -0.507 e. The summed E-state index contributed by atoms with van der Waals surface area (Å²) in [6, 6.07) is 4.09. The van der Waals surface area contributed by atoms with Gasteiger partial charge in [-0.25, -0.2) is 0 Å². The summed E-state index contributed by atoms with van der Waals surface area (Å²) in [6.45, 7) is 3.08. The van der Waals surface area contributed by atoms with Crippen molar-refractivity contribution in [2.45, 2.75) is 68.5 Å². The number of phenolic OH excluding ortho intramolecular Hbond substituents is 2. The van der Waals surface area contributed by atoms with Gasteiger partial charge in [-0.1, -0.05) is 12.1 Å². The lowest BCUT2D eigenvalue weighted by molar-refractivity contribution is -0.263. The average molecular weight is 652 g/mol. The molecule has 2 fully saturated rings. The van der Waals surface area contributed by atoms with Crippen LogP contribution >= 0.6 is 12.4 Å². The van der Waals surface area contributed by atoms with Gasteiger partial charge in [0.1, 0.15) is 23.4 Å². The summed E-state index contributed by atoms with van der Waals surface area (Å²) in [6.07, 6.45) is -5.99. The Hall–Kier alpha value is -2.85. The first-order valence-corrected chi connectivity index (χ1v) is 14.7. The number of halogens is 1. The molecule has 14 heteroatoms. The molecule has 2 aliphatic heterocycles. The molecule has 2 saturated heterocycles. The predicted molar refractivity (Wildman–Crippen MR) is 158 cm³/mol. The van der Waals surface area contributed by atoms with Crippen molar-refractivity contribution in [3.63, 3.8) is 0 Å². The molecule has 0 radical (unpaired) electrons. The molecule has 2 aromatic carbocycles. The lowest BCUT2D eigenvalue weighted by atomic mass is 9.71. The fourth-order valence-corrected chi connectivity index (χ4v) is 7.06. The third kappa shape index (κ3) is 5.49. The second-order valence-electron chi connectivity index (χ2n) is 11.9. The topological polar surface area (TPSA) is 196 Å². The van der Waals surface area contributed by atoms with E-state index in [1.807, 2.05) is 0 Å². The number of carbonyl (C=O) groups is 2. The third-order valence-electron chi connectivity index (χ3n) is 9.40. The number of morpholine rings is 1. The molecule has 4 aliphatic rings. The summed E-state index contributed by atoms with van der Waals surface area (Å²) in [7, 11) is 1.34. The van der Waals surface area contributed by atoms with E-state index in [2.05, 4.69) is 4.90 Å². The Bertz CT molecular complexity index is 1480. The maximum atomic E-state index is 13.8. The number of methoxy groups -OCH3 is 1. The van der Waals surface area contributed by atoms with Gasteiger partial charge in [0.25, 0.3) is 0 Å². The van der Waals surface area contributed by atoms with Crippen molar-refractivity contribution in [1.82, 2.24) is 4.90 Å². The predicted octanol–water partition coefficient (Wildman–Crippen LogP) is 0.588. The van der Waals surface area contributed by atoms with Crippen molar-refractivity contribution >= 4 is 24.0 Å². The number of fused-ring (bicyclic) bond motifs is 3. The minimum absolute atomic E-state index is 0. The van der Waals surface area contributed by atoms with Crippen LogP contribution in [0.3, 0.4) is 0 Å². The number of benzene rings is 2. The van der Waals surface area contributed by atoms with Gasteiger partial charge in [-0.3, -0.25) is 14.5 Å². The largest absolute Gasteiger partial charge is 0.507 e. The molecule has 7 atom stereocenters. The number of carbonyl (C=O) groups excluding carboxylic acids is 2. The quantitative estimate of drug-likeness (QED) is 0.203. The number of hydrogen-bond acceptors (Lipinski definition) is 13. The second kappa shape index (κ2) is 12.7. The zero-order valence-corrected chi connectivity index (χ0v) is 25.7. The number of nitrogens with zero attached hydrogens (tertiary/aromatic N) is 1. The summed E-state index contributed by atoms with van der Waals surface area (Å²) in [4.78, 5) is 29.6. The molecular formula is C31H38ClNO12. The van der Waals surface area contributed by atoms with E-state index in [0.717, 1.165) is 0 Å². The Kier molecular flexibility index (Phi) is 9.49. The van der Waals surface area contributed by atoms with E-state index in [0.29, 0.717) is 26.3 Å². The number of ketones is 2. The lowest BCUT2D eigenvalue weighted by Crippen LogP contribution is -2.58. The van der Waals surface area contributed by atoms with E-state index in [1.54, 1.807) is 6.92 Å². The van der Waals surface area contributed by atoms with Crippen LogP contribution in [0.15, 0.2) is 18.2 Å². The SMILES string of the molecule is COc1cccc2c1C(=O)c1c(O)c3c(c(O)c1C2=O)CC(O)(C(O)CO)CC3O[C@H]1C[C@H](N2CCOCC2)[C@H](O)[C@H](C)O1.Cl. The van der Waals surface area contributed by atoms with Gasteiger partial charge in [0.2, 0.25) is 5.78 Å². The minimum atomic E-state index is -2.04. The molecule has 2 aliphatic carbocycles. The highest BCUT2D eigenvalue weighted by Gasteiger charge is 2.50. The first kappa shape index (κ1) is 33.5. The number of rotatable bonds is 6. The molecule has 0 bridgehead atoms. The van der Waals surface area contributed by atoms with Crippen LogP contribution in [0.25, 0.3) is 0 Å². The molecule has 0 saturated carbocycles. The fourth-order valence-electron chi connectivity index (χ4n) is 7.06. The van der Waals surface area contributed by atoms with Crippen LogP contribution in [0.4, 0.5) is 0 Å². The van der Waals surface area contributed by atoms with Gasteiger partial charge in [-0.05, 0) is 13.0 Å². The molecule has 246 valence electrons. The van der Waals surface area contributed by atoms with Crippen LogP contribution in [0, 0.1) is 0 Å². The number of aliphatic hydroxyl groups is 4. The zero-order chi connectivity index (χ0) is 31.5. The maximum Gasteiger partial charge on any atom is 0.202 e. The molecule has 2 heterocycles. The molecule has 6 rings (SSSR count). The van der Waals surface area contributed by atoms with Gasteiger partial charge in [-0.15, -0.1) is 12.4 Å². The van der Waals surface area contributed by atoms with E-state index in [1.165, 1.54) is 25.3 Å². The fraction of sp³-hybridized carbons (Fsp3) is 0.548. The number of aromatic hydroxyl groups is 2. The molecular weight excluding hydrogens is 614 g/mol. The number of ether oxygens (including phenoxy) is 4. The van der Waals surface area contributed by atoms with E-state index < -0.39 is 83.5 Å². The Morgan fingerprint density at radius 3 is 2.44 bits per heavy atom. The van der Waals surface area contributed by atoms with Crippen molar-refractivity contribution in [3.8, 4) is 17.2 Å². The van der Waals surface area contributed by atoms with E-state index in [9.17, 15) is 40.2 Å². The smallest absolute Gasteiger partial charge is 0.202 e. The van der Waals surface area contributed by atoms with Crippen molar-refractivity contribution in [3.05, 3.63) is 51.6 Å². The van der Waals surface area contributed by atoms with Crippen molar-refractivity contribution in [1.29, 1.82) is 0 Å². The lowest BCUT2D eigenvalue weighted by Gasteiger charge is -2.46. The molecule has 13 nitrogen and oxygen atoms in total. The Labute approximate surface area is 265 Å². The van der Waals surface area contributed by atoms with E-state index in [4.69, 9.17) is 18.9 Å². The average Bonchev–Trinajstić information content (AvgIpc) is 3.02. The molecule has 0 spiro atoms. The Morgan fingerprint density at radius 2 is 1.78 bits per heavy atom. The maximum absolute atomic E-state index is 13.8. The van der Waals surface area contributed by atoms with E-state index in [-0.39, 0.29) is 59.3 Å². The van der Waals surface area contributed by atoms with Crippen molar-refractivity contribution in [2.24, 2.45) is 0 Å². The summed E-state index contributed by atoms with van der Waals surface area (Å²) < 4.78 is 23.1. The highest BCUT2D eigenvalue weighted by atomic mass is 35.5. The van der Waals surface area contributed by atoms with Gasteiger partial charge >= 0.3 is 0 Å². The molecule has 2 aromatic rings. The number of hydrogen-bond donors (Lipinski definition) is 6. The van der Waals surface area contributed by atoms with E-state index >= 15 is 0 Å². The molecule has 3 unspecified atom stereocenters. The van der Waals surface area contributed by atoms with Crippen LogP contribution in [0.5, 0.6) is 17.2 Å². The first-order chi connectivity index (χ1) is 21.0. The third-order valence-corrected chi connectivity index (χ3v) is 9.40. The number of phenols is 2. The summed E-state index contributed by atoms with van der Waals surface area (Å²) in [5, 5.41) is 66.1. The highest BCUT2D eigenvalue weighted by molar-refractivity contribution is 6.31. The van der Waals surface area contributed by atoms with Crippen molar-refractivity contribution in [2.75, 3.05) is 40.0 Å². The summed E-state index contributed by atoms with van der Waals surface area (Å²) in [5.74, 6) is -2.60. The van der Waals surface area contributed by atoms with Crippen LogP contribution in [0.1, 0.15) is 68.8 Å².